The van der Waals surface area contributed by atoms with E-state index in [1.807, 2.05) is 36.4 Å². The van der Waals surface area contributed by atoms with Crippen molar-refractivity contribution < 1.29 is 14.7 Å². The normalized spacial score (nSPS) is 10.3. The van der Waals surface area contributed by atoms with Gasteiger partial charge in [-0.25, -0.2) is 4.79 Å². The molecule has 3 nitrogen and oxygen atoms in total. The molecule has 1 N–H and O–H groups in total. The van der Waals surface area contributed by atoms with Crippen molar-refractivity contribution in [1.29, 1.82) is 0 Å². The number of carboxylic acids is 1. The van der Waals surface area contributed by atoms with Crippen LogP contribution in [0.4, 0.5) is 0 Å². The number of rotatable bonds is 4. The highest BCUT2D eigenvalue weighted by atomic mass is 16.4. The Kier molecular flexibility index (Phi) is 4.02. The third-order valence-electron chi connectivity index (χ3n) is 3.73. The molecule has 112 valence electrons. The van der Waals surface area contributed by atoms with E-state index in [0.29, 0.717) is 5.56 Å². The molecule has 0 fully saturated rings. The summed E-state index contributed by atoms with van der Waals surface area (Å²) in [7, 11) is 0. The molecule has 0 bridgehead atoms. The summed E-state index contributed by atoms with van der Waals surface area (Å²) in [5, 5.41) is 8.92. The quantitative estimate of drug-likeness (QED) is 0.720. The minimum atomic E-state index is -0.925. The zero-order valence-corrected chi connectivity index (χ0v) is 12.3. The highest BCUT2D eigenvalue weighted by molar-refractivity contribution is 5.88. The van der Waals surface area contributed by atoms with Crippen LogP contribution < -0.4 is 0 Å². The van der Waals surface area contributed by atoms with E-state index in [1.165, 1.54) is 0 Å². The molecule has 0 atom stereocenters. The predicted molar refractivity (Wildman–Crippen MR) is 89.7 cm³/mol. The first-order valence-electron chi connectivity index (χ1n) is 7.17. The second-order valence-corrected chi connectivity index (χ2v) is 5.20. The summed E-state index contributed by atoms with van der Waals surface area (Å²) in [5.74, 6) is -0.925. The molecule has 0 saturated carbocycles. The molecule has 0 aliphatic carbocycles. The van der Waals surface area contributed by atoms with Crippen molar-refractivity contribution in [3.8, 4) is 22.3 Å². The number of benzene rings is 3. The maximum absolute atomic E-state index is 10.9. The second-order valence-electron chi connectivity index (χ2n) is 5.20. The minimum absolute atomic E-state index is 0.278. The van der Waals surface area contributed by atoms with Crippen molar-refractivity contribution in [2.45, 2.75) is 0 Å². The molecule has 0 spiro atoms. The molecular weight excluding hydrogens is 288 g/mol. The lowest BCUT2D eigenvalue weighted by Gasteiger charge is -2.06. The first-order valence-corrected chi connectivity index (χ1v) is 7.17. The lowest BCUT2D eigenvalue weighted by molar-refractivity contribution is 0.0696. The molecule has 0 unspecified atom stereocenters. The summed E-state index contributed by atoms with van der Waals surface area (Å²) in [4.78, 5) is 21.6. The lowest BCUT2D eigenvalue weighted by Crippen LogP contribution is -1.94. The van der Waals surface area contributed by atoms with E-state index < -0.39 is 5.97 Å². The Labute approximate surface area is 133 Å². The van der Waals surface area contributed by atoms with E-state index in [9.17, 15) is 9.59 Å². The molecule has 3 rings (SSSR count). The first-order chi connectivity index (χ1) is 11.2. The van der Waals surface area contributed by atoms with Crippen molar-refractivity contribution in [2.24, 2.45) is 0 Å². The Bertz CT molecular complexity index is 830. The second kappa shape index (κ2) is 6.28. The van der Waals surface area contributed by atoms with Crippen molar-refractivity contribution >= 4 is 12.3 Å². The van der Waals surface area contributed by atoms with Gasteiger partial charge in [-0.2, -0.15) is 0 Å². The van der Waals surface area contributed by atoms with Crippen LogP contribution in [0.2, 0.25) is 0 Å². The Balaban J connectivity index is 1.86. The summed E-state index contributed by atoms with van der Waals surface area (Å²) in [5.41, 5.74) is 5.04. The molecule has 3 heteroatoms. The SMILES string of the molecule is O=Cc1ccc(-c2ccc(-c3ccc(C(=O)O)cc3)cc2)cc1. The smallest absolute Gasteiger partial charge is 0.335 e. The van der Waals surface area contributed by atoms with Gasteiger partial charge in [0, 0.05) is 5.56 Å². The topological polar surface area (TPSA) is 54.4 Å². The average molecular weight is 302 g/mol. The van der Waals surface area contributed by atoms with Crippen LogP contribution in [-0.4, -0.2) is 17.4 Å². The zero-order chi connectivity index (χ0) is 16.2. The van der Waals surface area contributed by atoms with Gasteiger partial charge < -0.3 is 5.11 Å². The van der Waals surface area contributed by atoms with Crippen molar-refractivity contribution in [1.82, 2.24) is 0 Å². The molecule has 3 aromatic carbocycles. The maximum Gasteiger partial charge on any atom is 0.335 e. The summed E-state index contributed by atoms with van der Waals surface area (Å²) >= 11 is 0. The van der Waals surface area contributed by atoms with Crippen LogP contribution in [-0.2, 0) is 0 Å². The van der Waals surface area contributed by atoms with Crippen LogP contribution in [0.5, 0.6) is 0 Å². The fraction of sp³-hybridized carbons (Fsp3) is 0. The molecule has 3 aromatic rings. The van der Waals surface area contributed by atoms with Crippen molar-refractivity contribution in [2.75, 3.05) is 0 Å². The molecule has 0 aliphatic heterocycles. The van der Waals surface area contributed by atoms with Crippen molar-refractivity contribution in [3.63, 3.8) is 0 Å². The molecule has 0 aliphatic rings. The van der Waals surface area contributed by atoms with Gasteiger partial charge in [-0.1, -0.05) is 60.7 Å². The Morgan fingerprint density at radius 2 is 1.00 bits per heavy atom. The predicted octanol–water partition coefficient (Wildman–Crippen LogP) is 4.53. The van der Waals surface area contributed by atoms with Crippen LogP contribution in [0.15, 0.2) is 72.8 Å². The molecule has 23 heavy (non-hydrogen) atoms. The third-order valence-corrected chi connectivity index (χ3v) is 3.73. The Morgan fingerprint density at radius 3 is 1.35 bits per heavy atom. The molecule has 0 amide bonds. The first kappa shape index (κ1) is 14.7. The summed E-state index contributed by atoms with van der Waals surface area (Å²) in [6.45, 7) is 0. The Morgan fingerprint density at radius 1 is 0.652 bits per heavy atom. The molecule has 0 heterocycles. The van der Waals surface area contributed by atoms with E-state index in [-0.39, 0.29) is 5.56 Å². The number of carbonyl (C=O) groups is 2. The zero-order valence-electron chi connectivity index (χ0n) is 12.3. The summed E-state index contributed by atoms with van der Waals surface area (Å²) < 4.78 is 0. The number of aromatic carboxylic acids is 1. The van der Waals surface area contributed by atoms with Gasteiger partial charge in [0.05, 0.1) is 5.56 Å². The largest absolute Gasteiger partial charge is 0.478 e. The Hall–Kier alpha value is -3.20. The summed E-state index contributed by atoms with van der Waals surface area (Å²) in [6.07, 6.45) is 0.827. The molecular formula is C20H14O3. The average Bonchev–Trinajstić information content (AvgIpc) is 2.62. The van der Waals surface area contributed by atoms with Crippen LogP contribution in [0, 0.1) is 0 Å². The lowest BCUT2D eigenvalue weighted by atomic mass is 9.99. The van der Waals surface area contributed by atoms with E-state index in [2.05, 4.69) is 0 Å². The van der Waals surface area contributed by atoms with E-state index in [0.717, 1.165) is 28.5 Å². The van der Waals surface area contributed by atoms with Crippen LogP contribution in [0.3, 0.4) is 0 Å². The van der Waals surface area contributed by atoms with Gasteiger partial charge in [-0.15, -0.1) is 0 Å². The third kappa shape index (κ3) is 3.19. The summed E-state index contributed by atoms with van der Waals surface area (Å²) in [6, 6.07) is 22.2. The highest BCUT2D eigenvalue weighted by Crippen LogP contribution is 2.25. The molecule has 0 saturated heterocycles. The van der Waals surface area contributed by atoms with E-state index in [1.54, 1.807) is 36.4 Å². The monoisotopic (exact) mass is 302 g/mol. The van der Waals surface area contributed by atoms with Crippen LogP contribution >= 0.6 is 0 Å². The van der Waals surface area contributed by atoms with Crippen LogP contribution in [0.1, 0.15) is 20.7 Å². The van der Waals surface area contributed by atoms with Gasteiger partial charge in [-0.05, 0) is 34.4 Å². The fourth-order valence-electron chi connectivity index (χ4n) is 2.41. The van der Waals surface area contributed by atoms with Gasteiger partial charge in [0.25, 0.3) is 0 Å². The number of carboxylic acid groups (broad SMARTS) is 1. The molecule has 0 radical (unpaired) electrons. The number of hydrogen-bond donors (Lipinski definition) is 1. The highest BCUT2D eigenvalue weighted by Gasteiger charge is 2.04. The maximum atomic E-state index is 10.9. The van der Waals surface area contributed by atoms with Gasteiger partial charge in [0.1, 0.15) is 6.29 Å². The van der Waals surface area contributed by atoms with Gasteiger partial charge in [0.2, 0.25) is 0 Å². The van der Waals surface area contributed by atoms with E-state index >= 15 is 0 Å². The fourth-order valence-corrected chi connectivity index (χ4v) is 2.41. The van der Waals surface area contributed by atoms with Crippen LogP contribution in [0.25, 0.3) is 22.3 Å². The number of aldehydes is 1. The van der Waals surface area contributed by atoms with E-state index in [4.69, 9.17) is 5.11 Å². The van der Waals surface area contributed by atoms with Gasteiger partial charge in [0.15, 0.2) is 0 Å². The van der Waals surface area contributed by atoms with Crippen molar-refractivity contribution in [3.05, 3.63) is 83.9 Å². The van der Waals surface area contributed by atoms with Gasteiger partial charge in [-0.3, -0.25) is 4.79 Å². The molecule has 0 aromatic heterocycles. The number of carbonyl (C=O) groups excluding carboxylic acids is 1. The minimum Gasteiger partial charge on any atom is -0.478 e. The number of hydrogen-bond acceptors (Lipinski definition) is 2. The standard InChI is InChI=1S/C20H14O3/c21-13-14-1-3-15(4-2-14)16-5-7-17(8-6-16)18-9-11-19(12-10-18)20(22)23/h1-13H,(H,22,23). The van der Waals surface area contributed by atoms with Gasteiger partial charge >= 0.3 is 5.97 Å².